The normalized spacial score (nSPS) is 11.5. The summed E-state index contributed by atoms with van der Waals surface area (Å²) in [7, 11) is 0. The van der Waals surface area contributed by atoms with E-state index in [0.717, 1.165) is 16.5 Å². The highest BCUT2D eigenvalue weighted by molar-refractivity contribution is 5.94. The van der Waals surface area contributed by atoms with Crippen molar-refractivity contribution in [2.24, 2.45) is 0 Å². The molecule has 0 aliphatic rings. The predicted octanol–water partition coefficient (Wildman–Crippen LogP) is 3.38. The van der Waals surface area contributed by atoms with Crippen LogP contribution in [0.1, 0.15) is 41.9 Å². The van der Waals surface area contributed by atoms with Crippen LogP contribution in [0.2, 0.25) is 0 Å². The first kappa shape index (κ1) is 18.9. The quantitative estimate of drug-likeness (QED) is 0.470. The molecule has 5 rings (SSSR count). The zero-order valence-electron chi connectivity index (χ0n) is 17.0. The maximum atomic E-state index is 12.6. The summed E-state index contributed by atoms with van der Waals surface area (Å²) in [5.41, 5.74) is 2.51. The minimum atomic E-state index is -0.272. The molecular weight excluding hydrogens is 394 g/mol. The third-order valence-electron chi connectivity index (χ3n) is 4.92. The number of benzene rings is 1. The fourth-order valence-electron chi connectivity index (χ4n) is 3.22. The Kier molecular flexibility index (Phi) is 4.62. The first-order valence-electron chi connectivity index (χ1n) is 9.90. The number of pyridine rings is 2. The zero-order chi connectivity index (χ0) is 21.4. The van der Waals surface area contributed by atoms with Crippen LogP contribution in [0.4, 0.5) is 0 Å². The molecule has 5 aromatic rings. The lowest BCUT2D eigenvalue weighted by Crippen LogP contribution is -2.24. The average Bonchev–Trinajstić information content (AvgIpc) is 3.44. The third-order valence-corrected chi connectivity index (χ3v) is 4.92. The number of nitrogens with zero attached hydrogens (tertiary/aromatic N) is 6. The molecule has 0 fully saturated rings. The molecule has 0 unspecified atom stereocenters. The van der Waals surface area contributed by atoms with E-state index in [1.807, 2.05) is 62.5 Å². The smallest absolute Gasteiger partial charge is 0.270 e. The first-order valence-corrected chi connectivity index (χ1v) is 9.90. The summed E-state index contributed by atoms with van der Waals surface area (Å²) in [6.07, 6.45) is 1.82. The van der Waals surface area contributed by atoms with Crippen molar-refractivity contribution in [1.82, 2.24) is 35.0 Å². The van der Waals surface area contributed by atoms with Gasteiger partial charge in [-0.25, -0.2) is 4.98 Å². The minimum Gasteiger partial charge on any atom is -0.343 e. The van der Waals surface area contributed by atoms with Crippen molar-refractivity contribution in [2.75, 3.05) is 0 Å². The van der Waals surface area contributed by atoms with E-state index in [9.17, 15) is 4.79 Å². The Morgan fingerprint density at radius 1 is 1.10 bits per heavy atom. The van der Waals surface area contributed by atoms with Crippen LogP contribution >= 0.6 is 0 Å². The van der Waals surface area contributed by atoms with E-state index in [-0.39, 0.29) is 18.4 Å². The van der Waals surface area contributed by atoms with Crippen LogP contribution < -0.4 is 5.32 Å². The zero-order valence-corrected chi connectivity index (χ0v) is 17.0. The number of hydrogen-bond acceptors (Lipinski definition) is 7. The number of nitrogens with one attached hydrogen (secondary N) is 1. The van der Waals surface area contributed by atoms with Gasteiger partial charge in [-0.05, 0) is 24.3 Å². The van der Waals surface area contributed by atoms with Crippen molar-refractivity contribution in [3.63, 3.8) is 0 Å². The van der Waals surface area contributed by atoms with Crippen molar-refractivity contribution in [3.8, 4) is 11.5 Å². The molecule has 9 heteroatoms. The molecular formula is C22H19N7O2. The van der Waals surface area contributed by atoms with Gasteiger partial charge in [-0.2, -0.15) is 4.98 Å². The number of rotatable bonds is 5. The second-order valence-corrected chi connectivity index (χ2v) is 7.44. The van der Waals surface area contributed by atoms with E-state index in [4.69, 9.17) is 4.52 Å². The maximum Gasteiger partial charge on any atom is 0.270 e. The van der Waals surface area contributed by atoms with Gasteiger partial charge in [0.15, 0.2) is 17.3 Å². The summed E-state index contributed by atoms with van der Waals surface area (Å²) in [6.45, 7) is 4.22. The molecule has 0 bridgehead atoms. The lowest BCUT2D eigenvalue weighted by Gasteiger charge is -2.05. The van der Waals surface area contributed by atoms with E-state index in [0.29, 0.717) is 28.9 Å². The molecule has 0 saturated heterocycles. The van der Waals surface area contributed by atoms with Crippen molar-refractivity contribution >= 4 is 22.5 Å². The molecule has 0 aliphatic heterocycles. The van der Waals surface area contributed by atoms with Crippen molar-refractivity contribution in [3.05, 3.63) is 72.1 Å². The van der Waals surface area contributed by atoms with E-state index in [1.54, 1.807) is 10.5 Å². The highest BCUT2D eigenvalue weighted by Crippen LogP contribution is 2.21. The Balaban J connectivity index is 1.33. The van der Waals surface area contributed by atoms with Gasteiger partial charge < -0.3 is 9.84 Å². The number of aromatic nitrogens is 6. The van der Waals surface area contributed by atoms with Gasteiger partial charge >= 0.3 is 0 Å². The highest BCUT2D eigenvalue weighted by Gasteiger charge is 2.15. The van der Waals surface area contributed by atoms with Crippen molar-refractivity contribution in [2.45, 2.75) is 26.3 Å². The summed E-state index contributed by atoms with van der Waals surface area (Å²) in [5, 5.41) is 16.2. The summed E-state index contributed by atoms with van der Waals surface area (Å²) >= 11 is 0. The molecule has 1 N–H and O–H groups in total. The van der Waals surface area contributed by atoms with Gasteiger partial charge in [0.05, 0.1) is 12.1 Å². The Labute approximate surface area is 177 Å². The van der Waals surface area contributed by atoms with Crippen LogP contribution in [0.25, 0.3) is 28.0 Å². The number of amides is 1. The molecule has 1 aromatic carbocycles. The van der Waals surface area contributed by atoms with Crippen LogP contribution in [0.15, 0.2) is 59.3 Å². The topological polar surface area (TPSA) is 111 Å². The van der Waals surface area contributed by atoms with E-state index < -0.39 is 0 Å². The van der Waals surface area contributed by atoms with Gasteiger partial charge in [-0.3, -0.25) is 9.20 Å². The Bertz CT molecular complexity index is 1400. The number of carbonyl (C=O) groups excluding carboxylic acids is 1. The predicted molar refractivity (Wildman–Crippen MR) is 113 cm³/mol. The molecule has 0 saturated carbocycles. The summed E-state index contributed by atoms with van der Waals surface area (Å²) < 4.78 is 7.15. The lowest BCUT2D eigenvalue weighted by molar-refractivity contribution is 0.0945. The Morgan fingerprint density at radius 2 is 1.97 bits per heavy atom. The van der Waals surface area contributed by atoms with Crippen LogP contribution in [-0.4, -0.2) is 35.6 Å². The molecule has 4 heterocycles. The molecule has 154 valence electrons. The van der Waals surface area contributed by atoms with E-state index >= 15 is 0 Å². The number of hydrogen-bond donors (Lipinski definition) is 1. The van der Waals surface area contributed by atoms with Gasteiger partial charge in [-0.15, -0.1) is 10.2 Å². The monoisotopic (exact) mass is 413 g/mol. The molecule has 4 aromatic heterocycles. The van der Waals surface area contributed by atoms with Crippen LogP contribution in [0.5, 0.6) is 0 Å². The van der Waals surface area contributed by atoms with Crippen LogP contribution in [-0.2, 0) is 6.54 Å². The van der Waals surface area contributed by atoms with Gasteiger partial charge in [0.1, 0.15) is 5.69 Å². The SMILES string of the molecule is CC(C)c1noc(-c2ccn3c(CNC(=O)c4ccc5ccccc5n4)nnc3c2)n1. The lowest BCUT2D eigenvalue weighted by atomic mass is 10.2. The number of para-hydroxylation sites is 1. The number of carbonyl (C=O) groups is 1. The van der Waals surface area contributed by atoms with Crippen molar-refractivity contribution < 1.29 is 9.32 Å². The third kappa shape index (κ3) is 3.61. The van der Waals surface area contributed by atoms with Crippen molar-refractivity contribution in [1.29, 1.82) is 0 Å². The van der Waals surface area contributed by atoms with Gasteiger partial charge in [-0.1, -0.05) is 43.3 Å². The molecule has 0 aliphatic carbocycles. The highest BCUT2D eigenvalue weighted by atomic mass is 16.5. The first-order chi connectivity index (χ1) is 15.1. The second kappa shape index (κ2) is 7.60. The molecule has 0 atom stereocenters. The average molecular weight is 413 g/mol. The molecule has 0 radical (unpaired) electrons. The van der Waals surface area contributed by atoms with Crippen LogP contribution in [0.3, 0.4) is 0 Å². The maximum absolute atomic E-state index is 12.6. The van der Waals surface area contributed by atoms with Gasteiger partial charge in [0.25, 0.3) is 11.8 Å². The van der Waals surface area contributed by atoms with Crippen LogP contribution in [0, 0.1) is 0 Å². The Morgan fingerprint density at radius 3 is 2.81 bits per heavy atom. The molecule has 0 spiro atoms. The Hall–Kier alpha value is -4.14. The van der Waals surface area contributed by atoms with E-state index in [1.165, 1.54) is 0 Å². The fraction of sp³-hybridized carbons (Fsp3) is 0.182. The molecule has 9 nitrogen and oxygen atoms in total. The second-order valence-electron chi connectivity index (χ2n) is 7.44. The minimum absolute atomic E-state index is 0.182. The summed E-state index contributed by atoms with van der Waals surface area (Å²) in [4.78, 5) is 21.4. The van der Waals surface area contributed by atoms with Gasteiger partial charge in [0, 0.05) is 23.1 Å². The summed E-state index contributed by atoms with van der Waals surface area (Å²) in [5.74, 6) is 1.60. The largest absolute Gasteiger partial charge is 0.343 e. The van der Waals surface area contributed by atoms with E-state index in [2.05, 4.69) is 30.6 Å². The van der Waals surface area contributed by atoms with Gasteiger partial charge in [0.2, 0.25) is 0 Å². The standard InChI is InChI=1S/C22H19N7O2/c1-13(2)20-25-22(31-28-20)15-9-10-29-18(11-15)26-27-19(29)12-23-21(30)17-8-7-14-5-3-4-6-16(14)24-17/h3-11,13H,12H2,1-2H3,(H,23,30). The molecule has 1 amide bonds. The fourth-order valence-corrected chi connectivity index (χ4v) is 3.22. The number of fused-ring (bicyclic) bond motifs is 2. The summed E-state index contributed by atoms with van der Waals surface area (Å²) in [6, 6.07) is 14.9. The molecule has 31 heavy (non-hydrogen) atoms.